The van der Waals surface area contributed by atoms with Crippen LogP contribution in [0.2, 0.25) is 0 Å². The molecule has 0 bridgehead atoms. The minimum Gasteiger partial charge on any atom is -0.465 e. The lowest BCUT2D eigenvalue weighted by molar-refractivity contribution is 0.189. The second-order valence-electron chi connectivity index (χ2n) is 6.00. The first kappa shape index (κ1) is 16.4. The topological polar surface area (TPSA) is 78.0 Å². The lowest BCUT2D eigenvalue weighted by Gasteiger charge is -2.14. The van der Waals surface area contributed by atoms with Crippen molar-refractivity contribution in [3.63, 3.8) is 0 Å². The Hall–Kier alpha value is -3.12. The molecule has 1 amide bonds. The van der Waals surface area contributed by atoms with Gasteiger partial charge in [-0.25, -0.2) is 9.78 Å². The number of H-pyrrole nitrogens is 1. The number of nitrogens with zero attached hydrogens (tertiary/aromatic N) is 1. The average molecular weight is 363 g/mol. The first-order valence-electron chi connectivity index (χ1n) is 8.26. The normalized spacial score (nSPS) is 12.2. The lowest BCUT2D eigenvalue weighted by atomic mass is 10.0. The fourth-order valence-corrected chi connectivity index (χ4v) is 4.02. The van der Waals surface area contributed by atoms with Gasteiger partial charge in [-0.15, -0.1) is 11.3 Å². The summed E-state index contributed by atoms with van der Waals surface area (Å²) in [5, 5.41) is 15.1. The second kappa shape index (κ2) is 7.01. The highest BCUT2D eigenvalue weighted by Crippen LogP contribution is 2.29. The van der Waals surface area contributed by atoms with Crippen molar-refractivity contribution >= 4 is 27.5 Å². The molecule has 26 heavy (non-hydrogen) atoms. The summed E-state index contributed by atoms with van der Waals surface area (Å²) >= 11 is 1.67. The number of nitrogens with one attached hydrogen (secondary N) is 2. The number of aromatic nitrogens is 2. The van der Waals surface area contributed by atoms with Crippen LogP contribution in [0.5, 0.6) is 0 Å². The molecule has 2 aromatic heterocycles. The Morgan fingerprint density at radius 3 is 2.73 bits per heavy atom. The number of carbonyl (C=O) groups is 1. The van der Waals surface area contributed by atoms with E-state index in [1.54, 1.807) is 11.3 Å². The van der Waals surface area contributed by atoms with Gasteiger partial charge >= 0.3 is 6.09 Å². The number of thiophene rings is 1. The van der Waals surface area contributed by atoms with Crippen LogP contribution in [0.3, 0.4) is 0 Å². The van der Waals surface area contributed by atoms with Gasteiger partial charge in [0.2, 0.25) is 0 Å². The van der Waals surface area contributed by atoms with Gasteiger partial charge in [0.15, 0.2) is 0 Å². The molecule has 0 radical (unpaired) electrons. The van der Waals surface area contributed by atoms with E-state index >= 15 is 0 Å². The molecule has 6 heteroatoms. The summed E-state index contributed by atoms with van der Waals surface area (Å²) in [7, 11) is 0. The molecule has 0 saturated carbocycles. The molecule has 4 rings (SSSR count). The Bertz CT molecular complexity index is 1040. The molecule has 3 N–H and O–H groups in total. The molecule has 0 unspecified atom stereocenters. The number of rotatable bonds is 5. The van der Waals surface area contributed by atoms with Crippen molar-refractivity contribution in [2.75, 3.05) is 0 Å². The smallest absolute Gasteiger partial charge is 0.405 e. The monoisotopic (exact) mass is 363 g/mol. The number of hydrogen-bond acceptors (Lipinski definition) is 3. The van der Waals surface area contributed by atoms with Crippen molar-refractivity contribution < 1.29 is 9.90 Å². The Kier molecular flexibility index (Phi) is 4.41. The highest BCUT2D eigenvalue weighted by molar-refractivity contribution is 7.17. The number of amides is 1. The average Bonchev–Trinajstić information content (AvgIpc) is 3.29. The van der Waals surface area contributed by atoms with E-state index in [2.05, 4.69) is 32.8 Å². The minimum atomic E-state index is -1.06. The highest BCUT2D eigenvalue weighted by Gasteiger charge is 2.20. The van der Waals surface area contributed by atoms with E-state index in [1.165, 1.54) is 4.70 Å². The largest absolute Gasteiger partial charge is 0.465 e. The van der Waals surface area contributed by atoms with Crippen LogP contribution in [0.15, 0.2) is 66.2 Å². The Morgan fingerprint density at radius 2 is 1.92 bits per heavy atom. The summed E-state index contributed by atoms with van der Waals surface area (Å²) in [6, 6.07) is 17.5. The quantitative estimate of drug-likeness (QED) is 0.475. The highest BCUT2D eigenvalue weighted by atomic mass is 32.1. The third-order valence-corrected chi connectivity index (χ3v) is 5.29. The Balaban J connectivity index is 1.65. The zero-order valence-corrected chi connectivity index (χ0v) is 14.7. The molecule has 0 fully saturated rings. The van der Waals surface area contributed by atoms with E-state index in [-0.39, 0.29) is 0 Å². The zero-order chi connectivity index (χ0) is 17.9. The molecule has 2 heterocycles. The second-order valence-corrected chi connectivity index (χ2v) is 6.91. The minimum absolute atomic E-state index is 0.442. The molecule has 0 saturated heterocycles. The van der Waals surface area contributed by atoms with Gasteiger partial charge in [0.1, 0.15) is 5.82 Å². The molecule has 1 atom stereocenters. The maximum atomic E-state index is 11.3. The van der Waals surface area contributed by atoms with E-state index in [9.17, 15) is 9.90 Å². The molecule has 2 aromatic carbocycles. The third-order valence-electron chi connectivity index (χ3n) is 4.28. The van der Waals surface area contributed by atoms with Crippen LogP contribution in [-0.4, -0.2) is 21.2 Å². The van der Waals surface area contributed by atoms with Gasteiger partial charge in [0, 0.05) is 22.9 Å². The standard InChI is InChI=1S/C20H17N3O2S/c24-20(25)23-16(10-14-12-26-18-9-5-4-8-15(14)18)19-21-11-17(22-19)13-6-2-1-3-7-13/h1-9,11-12,16,23H,10H2,(H,21,22)(H,24,25)/t16-/m1/s1. The van der Waals surface area contributed by atoms with Crippen LogP contribution in [0, 0.1) is 0 Å². The summed E-state index contributed by atoms with van der Waals surface area (Å²) < 4.78 is 1.20. The molecule has 5 nitrogen and oxygen atoms in total. The molecule has 0 aliphatic rings. The fraction of sp³-hybridized carbons (Fsp3) is 0.100. The third kappa shape index (κ3) is 3.32. The molecule has 0 aliphatic carbocycles. The van der Waals surface area contributed by atoms with E-state index < -0.39 is 12.1 Å². The summed E-state index contributed by atoms with van der Waals surface area (Å²) in [4.78, 5) is 19.1. The number of benzene rings is 2. The number of imidazole rings is 1. The van der Waals surface area contributed by atoms with E-state index in [4.69, 9.17) is 0 Å². The van der Waals surface area contributed by atoms with Gasteiger partial charge in [0.05, 0.1) is 11.7 Å². The Labute approximate surface area is 154 Å². The zero-order valence-electron chi connectivity index (χ0n) is 13.8. The number of aromatic amines is 1. The molecule has 130 valence electrons. The summed E-state index contributed by atoms with van der Waals surface area (Å²) in [6.07, 6.45) is 1.29. The van der Waals surface area contributed by atoms with Crippen molar-refractivity contribution in [2.24, 2.45) is 0 Å². The van der Waals surface area contributed by atoms with E-state index in [0.717, 1.165) is 22.2 Å². The SMILES string of the molecule is O=C(O)N[C@H](Cc1csc2ccccc12)c1nc(-c2ccccc2)c[nH]1. The van der Waals surface area contributed by atoms with Gasteiger partial charge in [-0.1, -0.05) is 48.5 Å². The molecule has 4 aromatic rings. The van der Waals surface area contributed by atoms with Crippen LogP contribution in [0.4, 0.5) is 4.79 Å². The van der Waals surface area contributed by atoms with Crippen LogP contribution in [0.25, 0.3) is 21.3 Å². The van der Waals surface area contributed by atoms with Gasteiger partial charge in [-0.2, -0.15) is 0 Å². The maximum absolute atomic E-state index is 11.3. The molecular weight excluding hydrogens is 346 g/mol. The van der Waals surface area contributed by atoms with Crippen molar-refractivity contribution in [3.8, 4) is 11.3 Å². The molecule has 0 spiro atoms. The first-order valence-corrected chi connectivity index (χ1v) is 9.14. The van der Waals surface area contributed by atoms with Crippen molar-refractivity contribution in [3.05, 3.63) is 77.6 Å². The number of carboxylic acid groups (broad SMARTS) is 1. The van der Waals surface area contributed by atoms with Gasteiger partial charge < -0.3 is 15.4 Å². The van der Waals surface area contributed by atoms with E-state index in [1.807, 2.05) is 48.7 Å². The van der Waals surface area contributed by atoms with E-state index in [0.29, 0.717) is 12.2 Å². The van der Waals surface area contributed by atoms with Crippen molar-refractivity contribution in [2.45, 2.75) is 12.5 Å². The molecule has 0 aliphatic heterocycles. The summed E-state index contributed by atoms with van der Waals surface area (Å²) in [5.74, 6) is 0.613. The fourth-order valence-electron chi connectivity index (χ4n) is 3.05. The van der Waals surface area contributed by atoms with Crippen LogP contribution in [-0.2, 0) is 6.42 Å². The molecular formula is C20H17N3O2S. The predicted octanol–water partition coefficient (Wildman–Crippen LogP) is 4.84. The van der Waals surface area contributed by atoms with Crippen molar-refractivity contribution in [1.29, 1.82) is 0 Å². The predicted molar refractivity (Wildman–Crippen MR) is 103 cm³/mol. The van der Waals surface area contributed by atoms with Crippen LogP contribution in [0.1, 0.15) is 17.4 Å². The van der Waals surface area contributed by atoms with Crippen LogP contribution < -0.4 is 5.32 Å². The van der Waals surface area contributed by atoms with Crippen molar-refractivity contribution in [1.82, 2.24) is 15.3 Å². The Morgan fingerprint density at radius 1 is 1.15 bits per heavy atom. The lowest BCUT2D eigenvalue weighted by Crippen LogP contribution is -2.29. The summed E-state index contributed by atoms with van der Waals surface area (Å²) in [5.41, 5.74) is 2.90. The van der Waals surface area contributed by atoms with Gasteiger partial charge in [-0.05, 0) is 22.4 Å². The van der Waals surface area contributed by atoms with Gasteiger partial charge in [-0.3, -0.25) is 0 Å². The maximum Gasteiger partial charge on any atom is 0.405 e. The number of hydrogen-bond donors (Lipinski definition) is 3. The number of fused-ring (bicyclic) bond motifs is 1. The van der Waals surface area contributed by atoms with Gasteiger partial charge in [0.25, 0.3) is 0 Å². The summed E-state index contributed by atoms with van der Waals surface area (Å²) in [6.45, 7) is 0. The first-order chi connectivity index (χ1) is 12.7. The van der Waals surface area contributed by atoms with Crippen LogP contribution >= 0.6 is 11.3 Å².